The summed E-state index contributed by atoms with van der Waals surface area (Å²) in [7, 11) is 0. The molecule has 0 aromatic heterocycles. The molecule has 1 saturated carbocycles. The number of carbonyl (C=O) groups is 1. The van der Waals surface area contributed by atoms with Gasteiger partial charge in [0.25, 0.3) is 0 Å². The molecule has 0 aromatic rings. The lowest BCUT2D eigenvalue weighted by atomic mass is 9.81. The van der Waals surface area contributed by atoms with Gasteiger partial charge in [-0.2, -0.15) is 0 Å². The summed E-state index contributed by atoms with van der Waals surface area (Å²) in [5, 5.41) is 0. The van der Waals surface area contributed by atoms with Gasteiger partial charge in [-0.1, -0.05) is 19.8 Å². The van der Waals surface area contributed by atoms with E-state index >= 15 is 0 Å². The third-order valence-corrected chi connectivity index (χ3v) is 2.51. The van der Waals surface area contributed by atoms with Gasteiger partial charge in [0, 0.05) is 5.92 Å². The van der Waals surface area contributed by atoms with Crippen LogP contribution in [0.4, 0.5) is 0 Å². The van der Waals surface area contributed by atoms with Gasteiger partial charge in [-0.05, 0) is 25.7 Å². The fraction of sp³-hybridized carbons (Fsp3) is 0.889. The molecule has 0 aliphatic heterocycles. The smallest absolute Gasteiger partial charge is 0.132 e. The quantitative estimate of drug-likeness (QED) is 0.546. The molecule has 2 atom stereocenters. The number of Topliss-reactive ketones (excluding diaryl/α,β-unsaturated/α-hetero) is 1. The standard InChI is InChI=1S/C9H16O/c1-7-4-3-5-9(6-7)8(2)10/h7,9H,3-6H2,1-2H3/t7-,9?/m1/s1. The first-order chi connectivity index (χ1) is 4.70. The van der Waals surface area contributed by atoms with Gasteiger partial charge < -0.3 is 0 Å². The summed E-state index contributed by atoms with van der Waals surface area (Å²) in [4.78, 5) is 10.9. The summed E-state index contributed by atoms with van der Waals surface area (Å²) in [5.74, 6) is 1.57. The maximum Gasteiger partial charge on any atom is 0.132 e. The monoisotopic (exact) mass is 140 g/mol. The maximum absolute atomic E-state index is 10.9. The Balaban J connectivity index is 2.39. The Labute approximate surface area is 62.8 Å². The molecule has 58 valence electrons. The first-order valence-electron chi connectivity index (χ1n) is 4.20. The highest BCUT2D eigenvalue weighted by atomic mass is 16.1. The molecular weight excluding hydrogens is 124 g/mol. The summed E-state index contributed by atoms with van der Waals surface area (Å²) in [5.41, 5.74) is 0. The molecule has 10 heavy (non-hydrogen) atoms. The number of carbonyl (C=O) groups excluding carboxylic acids is 1. The third kappa shape index (κ3) is 1.83. The minimum atomic E-state index is 0.392. The van der Waals surface area contributed by atoms with Crippen molar-refractivity contribution in [2.45, 2.75) is 39.5 Å². The van der Waals surface area contributed by atoms with Crippen LogP contribution in [0.3, 0.4) is 0 Å². The molecule has 0 spiro atoms. The van der Waals surface area contributed by atoms with Crippen LogP contribution in [0.15, 0.2) is 0 Å². The fourth-order valence-electron chi connectivity index (χ4n) is 1.80. The van der Waals surface area contributed by atoms with Gasteiger partial charge in [-0.3, -0.25) is 4.79 Å². The van der Waals surface area contributed by atoms with E-state index in [9.17, 15) is 4.79 Å². The Morgan fingerprint density at radius 3 is 2.50 bits per heavy atom. The molecular formula is C9H16O. The first-order valence-corrected chi connectivity index (χ1v) is 4.20. The Kier molecular flexibility index (Phi) is 2.47. The van der Waals surface area contributed by atoms with E-state index in [1.807, 2.05) is 0 Å². The normalized spacial score (nSPS) is 33.8. The van der Waals surface area contributed by atoms with Crippen LogP contribution < -0.4 is 0 Å². The highest BCUT2D eigenvalue weighted by molar-refractivity contribution is 5.78. The summed E-state index contributed by atoms with van der Waals surface area (Å²) >= 11 is 0. The van der Waals surface area contributed by atoms with Crippen molar-refractivity contribution in [3.8, 4) is 0 Å². The maximum atomic E-state index is 10.9. The van der Waals surface area contributed by atoms with Gasteiger partial charge in [-0.15, -0.1) is 0 Å². The molecule has 0 amide bonds. The zero-order valence-electron chi connectivity index (χ0n) is 6.89. The predicted molar refractivity (Wildman–Crippen MR) is 41.8 cm³/mol. The number of ketones is 1. The molecule has 0 radical (unpaired) electrons. The van der Waals surface area contributed by atoms with Crippen LogP contribution in [0.5, 0.6) is 0 Å². The van der Waals surface area contributed by atoms with Gasteiger partial charge in [0.2, 0.25) is 0 Å². The summed E-state index contributed by atoms with van der Waals surface area (Å²) in [6.07, 6.45) is 4.85. The van der Waals surface area contributed by atoms with Crippen molar-refractivity contribution in [3.63, 3.8) is 0 Å². The molecule has 1 nitrogen and oxygen atoms in total. The van der Waals surface area contributed by atoms with E-state index in [0.717, 1.165) is 18.8 Å². The van der Waals surface area contributed by atoms with Crippen LogP contribution in [0.25, 0.3) is 0 Å². The second-order valence-corrected chi connectivity index (χ2v) is 3.58. The molecule has 1 aliphatic carbocycles. The molecule has 0 saturated heterocycles. The highest BCUT2D eigenvalue weighted by Gasteiger charge is 2.21. The minimum absolute atomic E-state index is 0.392. The zero-order valence-corrected chi connectivity index (χ0v) is 6.89. The van der Waals surface area contributed by atoms with Crippen molar-refractivity contribution >= 4 is 5.78 Å². The van der Waals surface area contributed by atoms with Gasteiger partial charge in [0.15, 0.2) is 0 Å². The fourth-order valence-corrected chi connectivity index (χ4v) is 1.80. The lowest BCUT2D eigenvalue weighted by molar-refractivity contribution is -0.122. The van der Waals surface area contributed by atoms with E-state index in [1.54, 1.807) is 6.92 Å². The van der Waals surface area contributed by atoms with Crippen LogP contribution >= 0.6 is 0 Å². The molecule has 1 unspecified atom stereocenters. The van der Waals surface area contributed by atoms with Gasteiger partial charge >= 0.3 is 0 Å². The SMILES string of the molecule is CC(=O)C1CCC[C@@H](C)C1. The molecule has 1 fully saturated rings. The highest BCUT2D eigenvalue weighted by Crippen LogP contribution is 2.28. The zero-order chi connectivity index (χ0) is 7.56. The molecule has 0 N–H and O–H groups in total. The van der Waals surface area contributed by atoms with Gasteiger partial charge in [0.05, 0.1) is 0 Å². The van der Waals surface area contributed by atoms with E-state index in [2.05, 4.69) is 6.92 Å². The molecule has 0 heterocycles. The second-order valence-electron chi connectivity index (χ2n) is 3.58. The van der Waals surface area contributed by atoms with Crippen molar-refractivity contribution < 1.29 is 4.79 Å². The number of hydrogen-bond acceptors (Lipinski definition) is 1. The van der Waals surface area contributed by atoms with E-state index in [-0.39, 0.29) is 0 Å². The van der Waals surface area contributed by atoms with Crippen molar-refractivity contribution in [2.24, 2.45) is 11.8 Å². The van der Waals surface area contributed by atoms with Crippen LogP contribution in [0, 0.1) is 11.8 Å². The molecule has 1 rings (SSSR count). The second kappa shape index (κ2) is 3.18. The first kappa shape index (κ1) is 7.77. The van der Waals surface area contributed by atoms with E-state index in [4.69, 9.17) is 0 Å². The molecule has 1 aliphatic rings. The number of hydrogen-bond donors (Lipinski definition) is 0. The third-order valence-electron chi connectivity index (χ3n) is 2.51. The van der Waals surface area contributed by atoms with Crippen LogP contribution in [0.1, 0.15) is 39.5 Å². The van der Waals surface area contributed by atoms with E-state index in [0.29, 0.717) is 11.7 Å². The van der Waals surface area contributed by atoms with Crippen molar-refractivity contribution in [1.29, 1.82) is 0 Å². The van der Waals surface area contributed by atoms with Crippen LogP contribution in [-0.4, -0.2) is 5.78 Å². The summed E-state index contributed by atoms with van der Waals surface area (Å²) < 4.78 is 0. The lowest BCUT2D eigenvalue weighted by Gasteiger charge is -2.24. The van der Waals surface area contributed by atoms with Gasteiger partial charge in [-0.25, -0.2) is 0 Å². The molecule has 0 aromatic carbocycles. The number of rotatable bonds is 1. The Morgan fingerprint density at radius 1 is 1.40 bits per heavy atom. The average molecular weight is 140 g/mol. The topological polar surface area (TPSA) is 17.1 Å². The van der Waals surface area contributed by atoms with E-state index in [1.165, 1.54) is 12.8 Å². The Morgan fingerprint density at radius 2 is 2.10 bits per heavy atom. The predicted octanol–water partition coefficient (Wildman–Crippen LogP) is 2.40. The Bertz CT molecular complexity index is 129. The lowest BCUT2D eigenvalue weighted by Crippen LogP contribution is -2.19. The van der Waals surface area contributed by atoms with Crippen molar-refractivity contribution in [2.75, 3.05) is 0 Å². The van der Waals surface area contributed by atoms with E-state index < -0.39 is 0 Å². The largest absolute Gasteiger partial charge is 0.300 e. The summed E-state index contributed by atoms with van der Waals surface area (Å²) in [6, 6.07) is 0. The van der Waals surface area contributed by atoms with Crippen LogP contribution in [0.2, 0.25) is 0 Å². The van der Waals surface area contributed by atoms with Crippen molar-refractivity contribution in [1.82, 2.24) is 0 Å². The summed E-state index contributed by atoms with van der Waals surface area (Å²) in [6.45, 7) is 3.97. The average Bonchev–Trinajstić information content (AvgIpc) is 1.88. The van der Waals surface area contributed by atoms with Gasteiger partial charge in [0.1, 0.15) is 5.78 Å². The Hall–Kier alpha value is -0.330. The van der Waals surface area contributed by atoms with Crippen LogP contribution in [-0.2, 0) is 4.79 Å². The van der Waals surface area contributed by atoms with Crippen molar-refractivity contribution in [3.05, 3.63) is 0 Å². The molecule has 1 heteroatoms. The minimum Gasteiger partial charge on any atom is -0.300 e. The molecule has 0 bridgehead atoms.